The molecular weight excluding hydrogens is 264 g/mol. The quantitative estimate of drug-likeness (QED) is 0.725. The van der Waals surface area contributed by atoms with E-state index in [0.717, 1.165) is 12.0 Å². The second-order valence-electron chi connectivity index (χ2n) is 5.38. The van der Waals surface area contributed by atoms with Crippen molar-refractivity contribution >= 4 is 11.8 Å². The summed E-state index contributed by atoms with van der Waals surface area (Å²) in [6.07, 6.45) is 1.63. The summed E-state index contributed by atoms with van der Waals surface area (Å²) in [4.78, 5) is 22.6. The Morgan fingerprint density at radius 2 is 1.71 bits per heavy atom. The lowest BCUT2D eigenvalue weighted by molar-refractivity contribution is -0.137. The summed E-state index contributed by atoms with van der Waals surface area (Å²) in [7, 11) is 0. The molecule has 1 N–H and O–H groups in total. The van der Waals surface area contributed by atoms with E-state index in [0.29, 0.717) is 12.0 Å². The van der Waals surface area contributed by atoms with Gasteiger partial charge in [-0.2, -0.15) is 0 Å². The van der Waals surface area contributed by atoms with E-state index in [-0.39, 0.29) is 18.6 Å². The van der Waals surface area contributed by atoms with Crippen LogP contribution in [0.3, 0.4) is 0 Å². The highest BCUT2D eigenvalue weighted by Gasteiger charge is 2.19. The van der Waals surface area contributed by atoms with Crippen molar-refractivity contribution in [3.63, 3.8) is 0 Å². The number of carboxylic acids is 1. The Hall–Kier alpha value is -2.42. The topological polar surface area (TPSA) is 54.4 Å². The maximum atomic E-state index is 12.1. The SMILES string of the molecule is O=C(O)CCCC(=O)c1ccc2c(c1)-c1ccccc1C2. The van der Waals surface area contributed by atoms with Gasteiger partial charge in [-0.25, -0.2) is 0 Å². The molecule has 3 rings (SSSR count). The third-order valence-corrected chi connectivity index (χ3v) is 3.91. The third kappa shape index (κ3) is 2.72. The van der Waals surface area contributed by atoms with Crippen LogP contribution in [0.1, 0.15) is 40.7 Å². The number of rotatable bonds is 5. The predicted octanol–water partition coefficient (Wildman–Crippen LogP) is 3.70. The van der Waals surface area contributed by atoms with E-state index in [1.165, 1.54) is 16.7 Å². The van der Waals surface area contributed by atoms with Crippen LogP contribution in [-0.4, -0.2) is 16.9 Å². The maximum absolute atomic E-state index is 12.1. The molecule has 0 heterocycles. The van der Waals surface area contributed by atoms with E-state index in [1.54, 1.807) is 0 Å². The van der Waals surface area contributed by atoms with Crippen molar-refractivity contribution < 1.29 is 14.7 Å². The molecule has 0 saturated carbocycles. The van der Waals surface area contributed by atoms with Gasteiger partial charge in [0.2, 0.25) is 0 Å². The van der Waals surface area contributed by atoms with Gasteiger partial charge in [0.1, 0.15) is 0 Å². The van der Waals surface area contributed by atoms with Crippen molar-refractivity contribution in [3.8, 4) is 11.1 Å². The van der Waals surface area contributed by atoms with Crippen LogP contribution in [-0.2, 0) is 11.2 Å². The first-order valence-corrected chi connectivity index (χ1v) is 7.11. The smallest absolute Gasteiger partial charge is 0.303 e. The number of carbonyl (C=O) groups is 2. The molecule has 0 aromatic heterocycles. The number of ketones is 1. The zero-order chi connectivity index (χ0) is 14.8. The average molecular weight is 280 g/mol. The summed E-state index contributed by atoms with van der Waals surface area (Å²) in [5, 5.41) is 8.62. The number of hydrogen-bond donors (Lipinski definition) is 1. The number of hydrogen-bond acceptors (Lipinski definition) is 2. The summed E-state index contributed by atoms with van der Waals surface area (Å²) in [6, 6.07) is 14.1. The normalized spacial score (nSPS) is 11.8. The molecule has 3 heteroatoms. The number of fused-ring (bicyclic) bond motifs is 3. The van der Waals surface area contributed by atoms with Crippen LogP contribution in [0.2, 0.25) is 0 Å². The van der Waals surface area contributed by atoms with Gasteiger partial charge in [0.15, 0.2) is 5.78 Å². The van der Waals surface area contributed by atoms with E-state index in [9.17, 15) is 9.59 Å². The first-order chi connectivity index (χ1) is 10.1. The molecule has 0 amide bonds. The summed E-state index contributed by atoms with van der Waals surface area (Å²) in [6.45, 7) is 0. The summed E-state index contributed by atoms with van der Waals surface area (Å²) >= 11 is 0. The molecule has 0 aliphatic heterocycles. The number of benzene rings is 2. The molecule has 0 radical (unpaired) electrons. The molecule has 21 heavy (non-hydrogen) atoms. The summed E-state index contributed by atoms with van der Waals surface area (Å²) in [5.74, 6) is -0.839. The number of aliphatic carboxylic acids is 1. The van der Waals surface area contributed by atoms with Crippen LogP contribution in [0, 0.1) is 0 Å². The van der Waals surface area contributed by atoms with Gasteiger partial charge in [0.25, 0.3) is 0 Å². The Labute approximate surface area is 123 Å². The fourth-order valence-corrected chi connectivity index (χ4v) is 2.84. The standard InChI is InChI=1S/C18H16O3/c19-17(6-3-7-18(20)21)14-9-8-13-10-12-4-1-2-5-15(12)16(13)11-14/h1-2,4-5,8-9,11H,3,6-7,10H2,(H,20,21). The van der Waals surface area contributed by atoms with Gasteiger partial charge >= 0.3 is 5.97 Å². The van der Waals surface area contributed by atoms with Gasteiger partial charge in [-0.3, -0.25) is 9.59 Å². The monoisotopic (exact) mass is 280 g/mol. The minimum absolute atomic E-state index is 0.0171. The highest BCUT2D eigenvalue weighted by atomic mass is 16.4. The molecule has 0 unspecified atom stereocenters. The van der Waals surface area contributed by atoms with Crippen LogP contribution in [0.4, 0.5) is 0 Å². The molecule has 106 valence electrons. The van der Waals surface area contributed by atoms with Gasteiger partial charge in [0.05, 0.1) is 0 Å². The molecule has 3 nitrogen and oxygen atoms in total. The van der Waals surface area contributed by atoms with Gasteiger partial charge in [-0.15, -0.1) is 0 Å². The Balaban J connectivity index is 1.81. The zero-order valence-corrected chi connectivity index (χ0v) is 11.6. The van der Waals surface area contributed by atoms with E-state index >= 15 is 0 Å². The van der Waals surface area contributed by atoms with Gasteiger partial charge in [0, 0.05) is 18.4 Å². The number of carbonyl (C=O) groups excluding carboxylic acids is 1. The molecule has 2 aromatic carbocycles. The molecule has 0 fully saturated rings. The fourth-order valence-electron chi connectivity index (χ4n) is 2.84. The Morgan fingerprint density at radius 1 is 0.952 bits per heavy atom. The Bertz CT molecular complexity index is 716. The van der Waals surface area contributed by atoms with E-state index in [1.807, 2.05) is 30.3 Å². The van der Waals surface area contributed by atoms with Gasteiger partial charge in [-0.1, -0.05) is 36.4 Å². The first kappa shape index (κ1) is 13.6. The fraction of sp³-hybridized carbons (Fsp3) is 0.222. The molecule has 0 spiro atoms. The average Bonchev–Trinajstić information content (AvgIpc) is 2.84. The van der Waals surface area contributed by atoms with Crippen LogP contribution >= 0.6 is 0 Å². The maximum Gasteiger partial charge on any atom is 0.303 e. The Kier molecular flexibility index (Phi) is 3.57. The molecular formula is C18H16O3. The number of carboxylic acid groups (broad SMARTS) is 1. The second kappa shape index (κ2) is 5.52. The lowest BCUT2D eigenvalue weighted by Gasteiger charge is -2.05. The largest absolute Gasteiger partial charge is 0.481 e. The molecule has 2 aromatic rings. The second-order valence-corrected chi connectivity index (χ2v) is 5.38. The zero-order valence-electron chi connectivity index (χ0n) is 11.6. The first-order valence-electron chi connectivity index (χ1n) is 7.11. The highest BCUT2D eigenvalue weighted by molar-refractivity contribution is 5.98. The van der Waals surface area contributed by atoms with Crippen LogP contribution in [0.25, 0.3) is 11.1 Å². The Morgan fingerprint density at radius 3 is 2.52 bits per heavy atom. The van der Waals surface area contributed by atoms with E-state index < -0.39 is 5.97 Å². The third-order valence-electron chi connectivity index (χ3n) is 3.91. The van der Waals surface area contributed by atoms with Crippen LogP contribution in [0.15, 0.2) is 42.5 Å². The highest BCUT2D eigenvalue weighted by Crippen LogP contribution is 2.36. The lowest BCUT2D eigenvalue weighted by Crippen LogP contribution is -2.02. The van der Waals surface area contributed by atoms with Crippen molar-refractivity contribution in [1.29, 1.82) is 0 Å². The van der Waals surface area contributed by atoms with Crippen molar-refractivity contribution in [3.05, 3.63) is 59.2 Å². The van der Waals surface area contributed by atoms with Crippen LogP contribution < -0.4 is 0 Å². The van der Waals surface area contributed by atoms with Gasteiger partial charge < -0.3 is 5.11 Å². The van der Waals surface area contributed by atoms with E-state index in [2.05, 4.69) is 12.1 Å². The van der Waals surface area contributed by atoms with Crippen molar-refractivity contribution in [1.82, 2.24) is 0 Å². The minimum atomic E-state index is -0.856. The lowest BCUT2D eigenvalue weighted by atomic mass is 9.99. The minimum Gasteiger partial charge on any atom is -0.481 e. The van der Waals surface area contributed by atoms with Crippen molar-refractivity contribution in [2.45, 2.75) is 25.7 Å². The van der Waals surface area contributed by atoms with E-state index in [4.69, 9.17) is 5.11 Å². The van der Waals surface area contributed by atoms with Crippen molar-refractivity contribution in [2.24, 2.45) is 0 Å². The predicted molar refractivity (Wildman–Crippen MR) is 80.5 cm³/mol. The summed E-state index contributed by atoms with van der Waals surface area (Å²) < 4.78 is 0. The number of Topliss-reactive ketones (excluding diaryl/α,β-unsaturated/α-hetero) is 1. The molecule has 0 atom stereocenters. The van der Waals surface area contributed by atoms with Crippen LogP contribution in [0.5, 0.6) is 0 Å². The molecule has 0 saturated heterocycles. The summed E-state index contributed by atoms with van der Waals surface area (Å²) in [5.41, 5.74) is 5.56. The molecule has 1 aliphatic rings. The van der Waals surface area contributed by atoms with Crippen molar-refractivity contribution in [2.75, 3.05) is 0 Å². The molecule has 0 bridgehead atoms. The van der Waals surface area contributed by atoms with Gasteiger partial charge in [-0.05, 0) is 41.2 Å². The molecule has 1 aliphatic carbocycles.